The molecule has 0 spiro atoms. The van der Waals surface area contributed by atoms with Crippen molar-refractivity contribution in [3.05, 3.63) is 24.3 Å². The lowest BCUT2D eigenvalue weighted by molar-refractivity contribution is 0.370. The van der Waals surface area contributed by atoms with E-state index < -0.39 is 0 Å². The second-order valence-corrected chi connectivity index (χ2v) is 6.10. The molecule has 6 heteroatoms. The topological polar surface area (TPSA) is 31.0 Å². The number of thiocarbonyl (C=S) groups is 1. The molecule has 1 fully saturated rings. The van der Waals surface area contributed by atoms with Crippen LogP contribution in [0, 0.1) is 0 Å². The van der Waals surface area contributed by atoms with E-state index in [-0.39, 0.29) is 0 Å². The summed E-state index contributed by atoms with van der Waals surface area (Å²) in [6, 6.07) is 8.23. The Balaban J connectivity index is 1.81. The normalized spacial score (nSPS) is 15.1. The lowest BCUT2D eigenvalue weighted by Crippen LogP contribution is -2.52. The third-order valence-electron chi connectivity index (χ3n) is 3.82. The molecule has 22 heavy (non-hydrogen) atoms. The summed E-state index contributed by atoms with van der Waals surface area (Å²) in [6.07, 6.45) is 0. The van der Waals surface area contributed by atoms with E-state index in [0.717, 1.165) is 50.1 Å². The van der Waals surface area contributed by atoms with Gasteiger partial charge in [-0.2, -0.15) is 0 Å². The number of piperazine rings is 1. The van der Waals surface area contributed by atoms with Gasteiger partial charge >= 0.3 is 0 Å². The van der Waals surface area contributed by atoms with Crippen LogP contribution in [0.5, 0.6) is 5.75 Å². The van der Waals surface area contributed by atoms with Gasteiger partial charge in [0.25, 0.3) is 0 Å². The first-order valence-electron chi connectivity index (χ1n) is 7.66. The highest BCUT2D eigenvalue weighted by Crippen LogP contribution is 2.22. The molecule has 2 rings (SSSR count). The van der Waals surface area contributed by atoms with Crippen LogP contribution in [0.3, 0.4) is 0 Å². The number of methoxy groups -OCH3 is 1. The Bertz CT molecular complexity index is 487. The molecule has 0 radical (unpaired) electrons. The van der Waals surface area contributed by atoms with E-state index in [1.54, 1.807) is 7.11 Å². The number of likely N-dealkylation sites (N-methyl/N-ethyl adjacent to an activating group) is 1. The van der Waals surface area contributed by atoms with Gasteiger partial charge in [-0.25, -0.2) is 0 Å². The van der Waals surface area contributed by atoms with Crippen molar-refractivity contribution in [2.75, 3.05) is 65.4 Å². The van der Waals surface area contributed by atoms with Crippen LogP contribution in [0.15, 0.2) is 24.3 Å². The average molecular weight is 322 g/mol. The van der Waals surface area contributed by atoms with Gasteiger partial charge in [-0.3, -0.25) is 0 Å². The predicted octanol–water partition coefficient (Wildman–Crippen LogP) is 1.25. The van der Waals surface area contributed by atoms with E-state index in [0.29, 0.717) is 0 Å². The summed E-state index contributed by atoms with van der Waals surface area (Å²) in [5.74, 6) is 0.904. The van der Waals surface area contributed by atoms with Crippen molar-refractivity contribution in [2.45, 2.75) is 0 Å². The first-order chi connectivity index (χ1) is 10.6. The largest absolute Gasteiger partial charge is 0.497 e. The minimum atomic E-state index is 0.868. The van der Waals surface area contributed by atoms with Gasteiger partial charge < -0.3 is 24.8 Å². The molecule has 1 aromatic carbocycles. The van der Waals surface area contributed by atoms with Crippen molar-refractivity contribution >= 4 is 23.0 Å². The standard InChI is InChI=1S/C16H26N4OS/c1-18(2)8-7-17-16(22)20-11-9-19(10-12-20)14-5-4-6-15(13-14)21-3/h4-6,13H,7-12H2,1-3H3,(H,17,22). The van der Waals surface area contributed by atoms with E-state index in [2.05, 4.69) is 46.2 Å². The van der Waals surface area contributed by atoms with E-state index in [1.807, 2.05) is 12.1 Å². The average Bonchev–Trinajstić information content (AvgIpc) is 2.54. The third kappa shape index (κ3) is 4.74. The highest BCUT2D eigenvalue weighted by atomic mass is 32.1. The van der Waals surface area contributed by atoms with Crippen LogP contribution >= 0.6 is 12.2 Å². The predicted molar refractivity (Wildman–Crippen MR) is 95.9 cm³/mol. The Hall–Kier alpha value is -1.53. The van der Waals surface area contributed by atoms with Crippen LogP contribution in [-0.4, -0.2) is 75.4 Å². The summed E-state index contributed by atoms with van der Waals surface area (Å²) in [5, 5.41) is 4.20. The van der Waals surface area contributed by atoms with Gasteiger partial charge in [0.15, 0.2) is 5.11 Å². The van der Waals surface area contributed by atoms with Gasteiger partial charge in [-0.15, -0.1) is 0 Å². The SMILES string of the molecule is COc1cccc(N2CCN(C(=S)NCCN(C)C)CC2)c1. The number of rotatable bonds is 5. The second-order valence-electron chi connectivity index (χ2n) is 5.71. The molecular weight excluding hydrogens is 296 g/mol. The summed E-state index contributed by atoms with van der Waals surface area (Å²) in [4.78, 5) is 6.78. The zero-order valence-electron chi connectivity index (χ0n) is 13.7. The van der Waals surface area contributed by atoms with Gasteiger partial charge in [0.2, 0.25) is 0 Å². The van der Waals surface area contributed by atoms with Gasteiger partial charge in [-0.05, 0) is 38.4 Å². The van der Waals surface area contributed by atoms with Crippen molar-refractivity contribution in [3.8, 4) is 5.75 Å². The highest BCUT2D eigenvalue weighted by Gasteiger charge is 2.19. The first-order valence-corrected chi connectivity index (χ1v) is 8.07. The lowest BCUT2D eigenvalue weighted by Gasteiger charge is -2.37. The van der Waals surface area contributed by atoms with Crippen molar-refractivity contribution in [1.82, 2.24) is 15.1 Å². The minimum Gasteiger partial charge on any atom is -0.497 e. The zero-order chi connectivity index (χ0) is 15.9. The van der Waals surface area contributed by atoms with Crippen molar-refractivity contribution < 1.29 is 4.74 Å². The fourth-order valence-electron chi connectivity index (χ4n) is 2.47. The van der Waals surface area contributed by atoms with Crippen LogP contribution in [0.1, 0.15) is 0 Å². The fraction of sp³-hybridized carbons (Fsp3) is 0.562. The molecular formula is C16H26N4OS. The quantitative estimate of drug-likeness (QED) is 0.821. The molecule has 1 aliphatic heterocycles. The molecule has 1 aliphatic rings. The molecule has 0 unspecified atom stereocenters. The number of ether oxygens (including phenoxy) is 1. The molecule has 1 aromatic rings. The molecule has 122 valence electrons. The van der Waals surface area contributed by atoms with E-state index >= 15 is 0 Å². The second kappa shape index (κ2) is 8.19. The zero-order valence-corrected chi connectivity index (χ0v) is 14.5. The summed E-state index contributed by atoms with van der Waals surface area (Å²) < 4.78 is 5.30. The van der Waals surface area contributed by atoms with E-state index in [9.17, 15) is 0 Å². The van der Waals surface area contributed by atoms with Crippen molar-refractivity contribution in [3.63, 3.8) is 0 Å². The molecule has 1 saturated heterocycles. The van der Waals surface area contributed by atoms with Gasteiger partial charge in [0.05, 0.1) is 7.11 Å². The Morgan fingerprint density at radius 2 is 2.00 bits per heavy atom. The van der Waals surface area contributed by atoms with Gasteiger partial charge in [0.1, 0.15) is 5.75 Å². The number of nitrogens with one attached hydrogen (secondary N) is 1. The molecule has 0 saturated carbocycles. The number of nitrogens with zero attached hydrogens (tertiary/aromatic N) is 3. The van der Waals surface area contributed by atoms with E-state index in [4.69, 9.17) is 17.0 Å². The fourth-order valence-corrected chi connectivity index (χ4v) is 2.76. The number of hydrogen-bond donors (Lipinski definition) is 1. The molecule has 0 atom stereocenters. The van der Waals surface area contributed by atoms with Crippen molar-refractivity contribution in [2.24, 2.45) is 0 Å². The lowest BCUT2D eigenvalue weighted by atomic mass is 10.2. The van der Waals surface area contributed by atoms with Crippen LogP contribution < -0.4 is 15.0 Å². The van der Waals surface area contributed by atoms with Crippen LogP contribution in [0.25, 0.3) is 0 Å². The molecule has 0 aliphatic carbocycles. The highest BCUT2D eigenvalue weighted by molar-refractivity contribution is 7.80. The Morgan fingerprint density at radius 1 is 1.27 bits per heavy atom. The maximum atomic E-state index is 5.48. The van der Waals surface area contributed by atoms with Crippen molar-refractivity contribution in [1.29, 1.82) is 0 Å². The molecule has 0 aromatic heterocycles. The summed E-state index contributed by atoms with van der Waals surface area (Å²) >= 11 is 5.48. The minimum absolute atomic E-state index is 0.868. The number of anilines is 1. The molecule has 1 heterocycles. The monoisotopic (exact) mass is 322 g/mol. The third-order valence-corrected chi connectivity index (χ3v) is 4.22. The first kappa shape index (κ1) is 16.8. The maximum Gasteiger partial charge on any atom is 0.169 e. The number of hydrogen-bond acceptors (Lipinski definition) is 4. The molecule has 0 bridgehead atoms. The Kier molecular flexibility index (Phi) is 6.27. The summed E-state index contributed by atoms with van der Waals surface area (Å²) in [6.45, 7) is 5.73. The smallest absolute Gasteiger partial charge is 0.169 e. The van der Waals surface area contributed by atoms with E-state index in [1.165, 1.54) is 5.69 Å². The molecule has 1 N–H and O–H groups in total. The Morgan fingerprint density at radius 3 is 2.64 bits per heavy atom. The number of benzene rings is 1. The van der Waals surface area contributed by atoms with Crippen LogP contribution in [0.4, 0.5) is 5.69 Å². The maximum absolute atomic E-state index is 5.48. The van der Waals surface area contributed by atoms with Crippen LogP contribution in [-0.2, 0) is 0 Å². The molecule has 5 nitrogen and oxygen atoms in total. The molecule has 0 amide bonds. The Labute approximate surface area is 138 Å². The van der Waals surface area contributed by atoms with Gasteiger partial charge in [-0.1, -0.05) is 6.07 Å². The van der Waals surface area contributed by atoms with Gasteiger partial charge in [0, 0.05) is 51.0 Å². The van der Waals surface area contributed by atoms with Crippen LogP contribution in [0.2, 0.25) is 0 Å². The summed E-state index contributed by atoms with van der Waals surface area (Å²) in [5.41, 5.74) is 1.21. The summed E-state index contributed by atoms with van der Waals surface area (Å²) in [7, 11) is 5.84.